The van der Waals surface area contributed by atoms with E-state index in [9.17, 15) is 4.79 Å². The Hall–Kier alpha value is -1.59. The predicted molar refractivity (Wildman–Crippen MR) is 110 cm³/mol. The SMILES string of the molecule is CC(C)(Oc1ccc(Cl)cc1Cl)C(=O)C(c1ccccc1)N1CCNCC1. The van der Waals surface area contributed by atoms with Gasteiger partial charge in [-0.3, -0.25) is 9.69 Å². The average Bonchev–Trinajstić information content (AvgIpc) is 2.66. The van der Waals surface area contributed by atoms with Gasteiger partial charge in [0.25, 0.3) is 0 Å². The molecule has 1 saturated heterocycles. The van der Waals surface area contributed by atoms with E-state index in [1.165, 1.54) is 0 Å². The minimum atomic E-state index is -1.05. The van der Waals surface area contributed by atoms with E-state index in [0.29, 0.717) is 15.8 Å². The molecule has 1 atom stereocenters. The quantitative estimate of drug-likeness (QED) is 0.773. The van der Waals surface area contributed by atoms with Crippen LogP contribution < -0.4 is 10.1 Å². The first kappa shape index (κ1) is 20.2. The molecule has 6 heteroatoms. The number of carbonyl (C=O) groups is 1. The molecule has 1 fully saturated rings. The number of nitrogens with zero attached hydrogens (tertiary/aromatic N) is 1. The molecule has 0 radical (unpaired) electrons. The van der Waals surface area contributed by atoms with Gasteiger partial charge >= 0.3 is 0 Å². The normalized spacial score (nSPS) is 16.7. The Morgan fingerprint density at radius 3 is 2.41 bits per heavy atom. The molecule has 27 heavy (non-hydrogen) atoms. The summed E-state index contributed by atoms with van der Waals surface area (Å²) in [5, 5.41) is 4.25. The van der Waals surface area contributed by atoms with Gasteiger partial charge in [-0.1, -0.05) is 53.5 Å². The number of piperazine rings is 1. The smallest absolute Gasteiger partial charge is 0.197 e. The molecular formula is C21H24Cl2N2O2. The molecule has 3 rings (SSSR count). The van der Waals surface area contributed by atoms with E-state index < -0.39 is 5.60 Å². The monoisotopic (exact) mass is 406 g/mol. The van der Waals surface area contributed by atoms with Gasteiger partial charge in [0, 0.05) is 31.2 Å². The first-order chi connectivity index (χ1) is 12.9. The van der Waals surface area contributed by atoms with Crippen molar-refractivity contribution < 1.29 is 9.53 Å². The lowest BCUT2D eigenvalue weighted by Gasteiger charge is -2.38. The third-order valence-electron chi connectivity index (χ3n) is 4.73. The van der Waals surface area contributed by atoms with Crippen molar-refractivity contribution in [2.45, 2.75) is 25.5 Å². The number of hydrogen-bond acceptors (Lipinski definition) is 4. The summed E-state index contributed by atoms with van der Waals surface area (Å²) >= 11 is 12.2. The van der Waals surface area contributed by atoms with E-state index in [4.69, 9.17) is 27.9 Å². The highest BCUT2D eigenvalue weighted by Gasteiger charge is 2.40. The molecule has 1 unspecified atom stereocenters. The van der Waals surface area contributed by atoms with Crippen molar-refractivity contribution in [1.29, 1.82) is 0 Å². The molecule has 2 aromatic carbocycles. The van der Waals surface area contributed by atoms with Crippen molar-refractivity contribution in [1.82, 2.24) is 10.2 Å². The second-order valence-electron chi connectivity index (χ2n) is 7.15. The Labute approximate surface area is 170 Å². The number of halogens is 2. The van der Waals surface area contributed by atoms with Gasteiger partial charge in [0.15, 0.2) is 11.4 Å². The maximum absolute atomic E-state index is 13.6. The number of carbonyl (C=O) groups excluding carboxylic acids is 1. The first-order valence-electron chi connectivity index (χ1n) is 9.06. The summed E-state index contributed by atoms with van der Waals surface area (Å²) in [7, 11) is 0. The Kier molecular flexibility index (Phi) is 6.43. The van der Waals surface area contributed by atoms with Crippen LogP contribution in [-0.4, -0.2) is 42.5 Å². The Morgan fingerprint density at radius 2 is 1.78 bits per heavy atom. The molecular weight excluding hydrogens is 383 g/mol. The minimum Gasteiger partial charge on any atom is -0.478 e. The Bertz CT molecular complexity index is 790. The number of hydrogen-bond donors (Lipinski definition) is 1. The summed E-state index contributed by atoms with van der Waals surface area (Å²) in [5.74, 6) is 0.452. The highest BCUT2D eigenvalue weighted by Crippen LogP contribution is 2.34. The molecule has 0 aromatic heterocycles. The maximum Gasteiger partial charge on any atom is 0.197 e. The lowest BCUT2D eigenvalue weighted by atomic mass is 9.90. The van der Waals surface area contributed by atoms with Crippen molar-refractivity contribution in [2.24, 2.45) is 0 Å². The van der Waals surface area contributed by atoms with Gasteiger partial charge in [0.2, 0.25) is 0 Å². The van der Waals surface area contributed by atoms with Crippen molar-refractivity contribution in [2.75, 3.05) is 26.2 Å². The third kappa shape index (κ3) is 4.82. The van der Waals surface area contributed by atoms with Gasteiger partial charge in [0.05, 0.1) is 11.1 Å². The van der Waals surface area contributed by atoms with Gasteiger partial charge < -0.3 is 10.1 Å². The topological polar surface area (TPSA) is 41.6 Å². The maximum atomic E-state index is 13.6. The van der Waals surface area contributed by atoms with E-state index in [1.54, 1.807) is 32.0 Å². The second kappa shape index (κ2) is 8.61. The second-order valence-corrected chi connectivity index (χ2v) is 7.99. The Morgan fingerprint density at radius 1 is 1.11 bits per heavy atom. The summed E-state index contributed by atoms with van der Waals surface area (Å²) < 4.78 is 6.06. The predicted octanol–water partition coefficient (Wildman–Crippen LogP) is 4.37. The number of ether oxygens (including phenoxy) is 1. The zero-order valence-electron chi connectivity index (χ0n) is 15.5. The summed E-state index contributed by atoms with van der Waals surface area (Å²) in [6.45, 7) is 6.92. The molecule has 1 N–H and O–H groups in total. The van der Waals surface area contributed by atoms with Gasteiger partial charge in [-0.15, -0.1) is 0 Å². The first-order valence-corrected chi connectivity index (χ1v) is 9.82. The summed E-state index contributed by atoms with van der Waals surface area (Å²) in [5.41, 5.74) is -0.0775. The zero-order valence-corrected chi connectivity index (χ0v) is 17.1. The van der Waals surface area contributed by atoms with Crippen LogP contribution in [0.2, 0.25) is 10.0 Å². The summed E-state index contributed by atoms with van der Waals surface area (Å²) in [6.07, 6.45) is 0. The fourth-order valence-corrected chi connectivity index (χ4v) is 3.76. The number of Topliss-reactive ketones (excluding diaryl/α,β-unsaturated/α-hetero) is 1. The fraction of sp³-hybridized carbons (Fsp3) is 0.381. The van der Waals surface area contributed by atoms with Crippen LogP contribution in [-0.2, 0) is 4.79 Å². The van der Waals surface area contributed by atoms with Crippen LogP contribution in [0, 0.1) is 0 Å². The molecule has 0 amide bonds. The molecule has 1 heterocycles. The van der Waals surface area contributed by atoms with Crippen LogP contribution in [0.3, 0.4) is 0 Å². The molecule has 1 aliphatic heterocycles. The van der Waals surface area contributed by atoms with E-state index in [0.717, 1.165) is 31.7 Å². The molecule has 0 aliphatic carbocycles. The van der Waals surface area contributed by atoms with E-state index in [2.05, 4.69) is 10.2 Å². The molecule has 0 spiro atoms. The molecule has 144 valence electrons. The van der Waals surface area contributed by atoms with Gasteiger partial charge in [-0.2, -0.15) is 0 Å². The van der Waals surface area contributed by atoms with Crippen LogP contribution in [0.5, 0.6) is 5.75 Å². The molecule has 0 bridgehead atoms. The standard InChI is InChI=1S/C21H24Cl2N2O2/c1-21(2,27-18-9-8-16(22)14-17(18)23)20(26)19(15-6-4-3-5-7-15)25-12-10-24-11-13-25/h3-9,14,19,24H,10-13H2,1-2H3. The number of rotatable bonds is 6. The minimum absolute atomic E-state index is 0.00150. The zero-order chi connectivity index (χ0) is 19.4. The number of ketones is 1. The summed E-state index contributed by atoms with van der Waals surface area (Å²) in [4.78, 5) is 15.8. The van der Waals surface area contributed by atoms with Crippen LogP contribution in [0.25, 0.3) is 0 Å². The molecule has 1 aliphatic rings. The van der Waals surface area contributed by atoms with E-state index in [-0.39, 0.29) is 11.8 Å². The number of nitrogens with one attached hydrogen (secondary N) is 1. The largest absolute Gasteiger partial charge is 0.478 e. The van der Waals surface area contributed by atoms with Crippen molar-refractivity contribution in [3.8, 4) is 5.75 Å². The average molecular weight is 407 g/mol. The fourth-order valence-electron chi connectivity index (χ4n) is 3.32. The van der Waals surface area contributed by atoms with Gasteiger partial charge in [-0.05, 0) is 37.6 Å². The van der Waals surface area contributed by atoms with Crippen molar-refractivity contribution in [3.63, 3.8) is 0 Å². The van der Waals surface area contributed by atoms with Crippen LogP contribution in [0.4, 0.5) is 0 Å². The van der Waals surface area contributed by atoms with Crippen molar-refractivity contribution >= 4 is 29.0 Å². The third-order valence-corrected chi connectivity index (χ3v) is 5.26. The van der Waals surface area contributed by atoms with Crippen LogP contribution in [0.1, 0.15) is 25.5 Å². The lowest BCUT2D eigenvalue weighted by molar-refractivity contribution is -0.138. The molecule has 4 nitrogen and oxygen atoms in total. The van der Waals surface area contributed by atoms with E-state index >= 15 is 0 Å². The molecule has 2 aromatic rings. The molecule has 0 saturated carbocycles. The van der Waals surface area contributed by atoms with Gasteiger partial charge in [0.1, 0.15) is 5.75 Å². The highest BCUT2D eigenvalue weighted by molar-refractivity contribution is 6.35. The van der Waals surface area contributed by atoms with Crippen LogP contribution in [0.15, 0.2) is 48.5 Å². The summed E-state index contributed by atoms with van der Waals surface area (Å²) in [6, 6.07) is 14.5. The number of benzene rings is 2. The Balaban J connectivity index is 1.89. The van der Waals surface area contributed by atoms with E-state index in [1.807, 2.05) is 30.3 Å². The van der Waals surface area contributed by atoms with Gasteiger partial charge in [-0.25, -0.2) is 0 Å². The lowest BCUT2D eigenvalue weighted by Crippen LogP contribution is -2.52. The van der Waals surface area contributed by atoms with Crippen molar-refractivity contribution in [3.05, 3.63) is 64.1 Å². The highest BCUT2D eigenvalue weighted by atomic mass is 35.5. The van der Waals surface area contributed by atoms with Crippen LogP contribution >= 0.6 is 23.2 Å².